The van der Waals surface area contributed by atoms with Crippen LogP contribution in [-0.2, 0) is 5.33 Å². The van der Waals surface area contributed by atoms with Crippen LogP contribution in [0.4, 0.5) is 5.69 Å². The van der Waals surface area contributed by atoms with E-state index in [0.29, 0.717) is 0 Å². The molecule has 0 radical (unpaired) electrons. The molecule has 1 nitrogen and oxygen atoms in total. The van der Waals surface area contributed by atoms with E-state index in [4.69, 9.17) is 0 Å². The van der Waals surface area contributed by atoms with E-state index in [9.17, 15) is 0 Å². The van der Waals surface area contributed by atoms with Gasteiger partial charge in [0.1, 0.15) is 0 Å². The third-order valence-electron chi connectivity index (χ3n) is 2.27. The van der Waals surface area contributed by atoms with Crippen LogP contribution in [0.5, 0.6) is 0 Å². The minimum Gasteiger partial charge on any atom is -0.371 e. The van der Waals surface area contributed by atoms with E-state index in [0.717, 1.165) is 18.4 Å². The third-order valence-corrected chi connectivity index (χ3v) is 3.55. The van der Waals surface area contributed by atoms with E-state index in [1.807, 2.05) is 0 Å². The molecular weight excluding hydrogens is 306 g/mol. The highest BCUT2D eigenvalue weighted by Crippen LogP contribution is 2.27. The summed E-state index contributed by atoms with van der Waals surface area (Å²) >= 11 is 7.06. The van der Waals surface area contributed by atoms with Crippen LogP contribution < -0.4 is 4.90 Å². The first-order chi connectivity index (χ1) is 6.72. The van der Waals surface area contributed by atoms with Crippen molar-refractivity contribution in [3.63, 3.8) is 0 Å². The maximum Gasteiger partial charge on any atom is 0.0510 e. The number of halogens is 2. The molecule has 0 heterocycles. The molecule has 0 bridgehead atoms. The second kappa shape index (κ2) is 5.76. The van der Waals surface area contributed by atoms with Crippen LogP contribution in [-0.4, -0.2) is 13.1 Å². The van der Waals surface area contributed by atoms with E-state index in [-0.39, 0.29) is 0 Å². The predicted molar refractivity (Wildman–Crippen MR) is 70.3 cm³/mol. The molecule has 14 heavy (non-hydrogen) atoms. The Kier molecular flexibility index (Phi) is 4.96. The molecule has 1 rings (SSSR count). The Labute approximate surface area is 103 Å². The summed E-state index contributed by atoms with van der Waals surface area (Å²) in [4.78, 5) is 2.34. The van der Waals surface area contributed by atoms with E-state index in [1.165, 1.54) is 15.7 Å². The molecule has 0 spiro atoms. The van der Waals surface area contributed by atoms with E-state index < -0.39 is 0 Å². The maximum atomic E-state index is 3.61. The van der Waals surface area contributed by atoms with Crippen molar-refractivity contribution >= 4 is 37.5 Å². The molecule has 1 aromatic carbocycles. The Hall–Kier alpha value is -0.0200. The zero-order valence-electron chi connectivity index (χ0n) is 8.56. The topological polar surface area (TPSA) is 3.24 Å². The highest BCUT2D eigenvalue weighted by atomic mass is 79.9. The number of benzene rings is 1. The fourth-order valence-electron chi connectivity index (χ4n) is 1.45. The number of nitrogens with zero attached hydrogens (tertiary/aromatic N) is 1. The van der Waals surface area contributed by atoms with Crippen LogP contribution in [0.25, 0.3) is 0 Å². The van der Waals surface area contributed by atoms with Gasteiger partial charge in [-0.3, -0.25) is 0 Å². The van der Waals surface area contributed by atoms with Crippen molar-refractivity contribution in [2.45, 2.75) is 19.2 Å². The Morgan fingerprint density at radius 1 is 1.21 bits per heavy atom. The molecule has 3 heteroatoms. The number of anilines is 1. The molecule has 0 N–H and O–H groups in total. The van der Waals surface area contributed by atoms with Gasteiger partial charge in [-0.1, -0.05) is 22.0 Å². The standard InChI is InChI=1S/C11H15Br2N/c1-3-14(4-2)11-6-5-9(8-12)7-10(11)13/h5-7H,3-4,8H2,1-2H3. The maximum absolute atomic E-state index is 3.61. The van der Waals surface area contributed by atoms with E-state index in [1.54, 1.807) is 0 Å². The Bertz CT molecular complexity index is 295. The van der Waals surface area contributed by atoms with Gasteiger partial charge >= 0.3 is 0 Å². The van der Waals surface area contributed by atoms with Gasteiger partial charge in [0.15, 0.2) is 0 Å². The summed E-state index contributed by atoms with van der Waals surface area (Å²) in [6.07, 6.45) is 0. The first-order valence-corrected chi connectivity index (χ1v) is 6.73. The van der Waals surface area contributed by atoms with Gasteiger partial charge in [0.2, 0.25) is 0 Å². The average molecular weight is 321 g/mol. The quantitative estimate of drug-likeness (QED) is 0.752. The first-order valence-electron chi connectivity index (χ1n) is 4.82. The summed E-state index contributed by atoms with van der Waals surface area (Å²) in [5.74, 6) is 0. The molecule has 0 atom stereocenters. The van der Waals surface area contributed by atoms with Gasteiger partial charge in [-0.2, -0.15) is 0 Å². The van der Waals surface area contributed by atoms with Gasteiger partial charge in [-0.25, -0.2) is 0 Å². The summed E-state index contributed by atoms with van der Waals surface area (Å²) in [5, 5.41) is 0.907. The lowest BCUT2D eigenvalue weighted by Gasteiger charge is -2.22. The molecule has 0 aliphatic carbocycles. The van der Waals surface area contributed by atoms with E-state index >= 15 is 0 Å². The van der Waals surface area contributed by atoms with Crippen molar-refractivity contribution in [1.82, 2.24) is 0 Å². The lowest BCUT2D eigenvalue weighted by atomic mass is 10.2. The number of alkyl halides is 1. The molecular formula is C11H15Br2N. The van der Waals surface area contributed by atoms with Gasteiger partial charge < -0.3 is 4.90 Å². The minimum absolute atomic E-state index is 0.907. The summed E-state index contributed by atoms with van der Waals surface area (Å²) < 4.78 is 1.18. The van der Waals surface area contributed by atoms with Crippen LogP contribution in [0.2, 0.25) is 0 Å². The Morgan fingerprint density at radius 2 is 1.86 bits per heavy atom. The molecule has 0 saturated carbocycles. The Balaban J connectivity index is 2.98. The smallest absolute Gasteiger partial charge is 0.0510 e. The fraction of sp³-hybridized carbons (Fsp3) is 0.455. The third kappa shape index (κ3) is 2.74. The summed E-state index contributed by atoms with van der Waals surface area (Å²) in [6.45, 7) is 6.44. The summed E-state index contributed by atoms with van der Waals surface area (Å²) in [6, 6.07) is 6.50. The highest BCUT2D eigenvalue weighted by Gasteiger charge is 2.06. The lowest BCUT2D eigenvalue weighted by Crippen LogP contribution is -2.22. The van der Waals surface area contributed by atoms with Crippen molar-refractivity contribution in [1.29, 1.82) is 0 Å². The SMILES string of the molecule is CCN(CC)c1ccc(CBr)cc1Br. The van der Waals surface area contributed by atoms with Crippen molar-refractivity contribution < 1.29 is 0 Å². The van der Waals surface area contributed by atoms with Crippen molar-refractivity contribution in [3.05, 3.63) is 28.2 Å². The van der Waals surface area contributed by atoms with Crippen molar-refractivity contribution in [2.75, 3.05) is 18.0 Å². The number of hydrogen-bond donors (Lipinski definition) is 0. The highest BCUT2D eigenvalue weighted by molar-refractivity contribution is 9.10. The minimum atomic E-state index is 0.907. The van der Waals surface area contributed by atoms with Crippen LogP contribution in [0.3, 0.4) is 0 Å². The van der Waals surface area contributed by atoms with Gasteiger partial charge in [-0.15, -0.1) is 0 Å². The molecule has 0 aromatic heterocycles. The Morgan fingerprint density at radius 3 is 2.29 bits per heavy atom. The average Bonchev–Trinajstić information content (AvgIpc) is 2.22. The fourth-order valence-corrected chi connectivity index (χ4v) is 2.48. The second-order valence-corrected chi connectivity index (χ2v) is 4.51. The molecule has 78 valence electrons. The van der Waals surface area contributed by atoms with Crippen LogP contribution >= 0.6 is 31.9 Å². The van der Waals surface area contributed by atoms with Crippen LogP contribution in [0.1, 0.15) is 19.4 Å². The molecule has 0 saturated heterocycles. The zero-order valence-corrected chi connectivity index (χ0v) is 11.7. The largest absolute Gasteiger partial charge is 0.371 e. The molecule has 0 unspecified atom stereocenters. The van der Waals surface area contributed by atoms with Crippen molar-refractivity contribution in [2.24, 2.45) is 0 Å². The lowest BCUT2D eigenvalue weighted by molar-refractivity contribution is 0.863. The molecule has 0 aliphatic heterocycles. The summed E-state index contributed by atoms with van der Waals surface area (Å²) in [7, 11) is 0. The number of rotatable bonds is 4. The van der Waals surface area contributed by atoms with Crippen LogP contribution in [0.15, 0.2) is 22.7 Å². The normalized spacial score (nSPS) is 10.3. The summed E-state index contributed by atoms with van der Waals surface area (Å²) in [5.41, 5.74) is 2.58. The molecule has 0 aliphatic rings. The molecule has 1 aromatic rings. The van der Waals surface area contributed by atoms with Gasteiger partial charge in [-0.05, 0) is 47.5 Å². The van der Waals surface area contributed by atoms with Crippen molar-refractivity contribution in [3.8, 4) is 0 Å². The first kappa shape index (κ1) is 12.1. The zero-order chi connectivity index (χ0) is 10.6. The monoisotopic (exact) mass is 319 g/mol. The van der Waals surface area contributed by atoms with Gasteiger partial charge in [0.25, 0.3) is 0 Å². The predicted octanol–water partition coefficient (Wildman–Crippen LogP) is 4.19. The molecule has 0 amide bonds. The molecule has 0 fully saturated rings. The van der Waals surface area contributed by atoms with Gasteiger partial charge in [0.05, 0.1) is 5.69 Å². The second-order valence-electron chi connectivity index (χ2n) is 3.09. The van der Waals surface area contributed by atoms with E-state index in [2.05, 4.69) is 68.8 Å². The van der Waals surface area contributed by atoms with Gasteiger partial charge in [0, 0.05) is 22.9 Å². The number of hydrogen-bond acceptors (Lipinski definition) is 1. The van der Waals surface area contributed by atoms with Crippen LogP contribution in [0, 0.1) is 0 Å².